The number of nitrogens with zero attached hydrogens (tertiary/aromatic N) is 2. The van der Waals surface area contributed by atoms with Crippen LogP contribution >= 0.6 is 11.3 Å². The minimum absolute atomic E-state index is 0.169. The Morgan fingerprint density at radius 1 is 0.951 bits per heavy atom. The third-order valence-corrected chi connectivity index (χ3v) is 7.81. The number of esters is 1. The standard InChI is InChI=1S/C32H30N2O6S/c1-6-40-31(36)27-28(21-10-8-7-9-11-21)33-32-34(29(27)22-14-15-23(37-3)25(18-22)39-5)30(35)26(41-32)17-20-13-12-19(2)24(16-20)38-4/h7-18,29H,6H2,1-5H3/b26-17-/t29-/m1/s1. The van der Waals surface area contributed by atoms with Crippen LogP contribution in [-0.4, -0.2) is 38.5 Å². The van der Waals surface area contributed by atoms with Gasteiger partial charge < -0.3 is 18.9 Å². The minimum Gasteiger partial charge on any atom is -0.496 e. The van der Waals surface area contributed by atoms with Crippen molar-refractivity contribution >= 4 is 29.1 Å². The number of thiazole rings is 1. The van der Waals surface area contributed by atoms with Crippen LogP contribution in [0.15, 0.2) is 82.1 Å². The smallest absolute Gasteiger partial charge is 0.338 e. The summed E-state index contributed by atoms with van der Waals surface area (Å²) in [6.45, 7) is 3.88. The van der Waals surface area contributed by atoms with E-state index in [4.69, 9.17) is 23.9 Å². The summed E-state index contributed by atoms with van der Waals surface area (Å²) in [7, 11) is 4.71. The van der Waals surface area contributed by atoms with Crippen molar-refractivity contribution in [3.05, 3.63) is 114 Å². The van der Waals surface area contributed by atoms with Gasteiger partial charge in [0.25, 0.3) is 5.56 Å². The van der Waals surface area contributed by atoms with E-state index >= 15 is 0 Å². The molecule has 0 amide bonds. The molecule has 0 aliphatic carbocycles. The average molecular weight is 571 g/mol. The Morgan fingerprint density at radius 3 is 2.37 bits per heavy atom. The van der Waals surface area contributed by atoms with Crippen molar-refractivity contribution in [3.63, 3.8) is 0 Å². The molecule has 1 aliphatic heterocycles. The lowest BCUT2D eigenvalue weighted by Gasteiger charge is -2.26. The van der Waals surface area contributed by atoms with Gasteiger partial charge in [0.05, 0.1) is 49.8 Å². The molecular weight excluding hydrogens is 540 g/mol. The lowest BCUT2D eigenvalue weighted by Crippen LogP contribution is -2.40. The summed E-state index contributed by atoms with van der Waals surface area (Å²) in [5.41, 5.74) is 3.64. The molecule has 1 aromatic heterocycles. The van der Waals surface area contributed by atoms with Crippen LogP contribution in [0.1, 0.15) is 35.2 Å². The largest absolute Gasteiger partial charge is 0.496 e. The van der Waals surface area contributed by atoms with Gasteiger partial charge in [-0.3, -0.25) is 9.36 Å². The van der Waals surface area contributed by atoms with E-state index < -0.39 is 12.0 Å². The molecule has 2 heterocycles. The maximum atomic E-state index is 14.1. The van der Waals surface area contributed by atoms with Gasteiger partial charge in [0.2, 0.25) is 0 Å². The monoisotopic (exact) mass is 570 g/mol. The van der Waals surface area contributed by atoms with Gasteiger partial charge in [0.1, 0.15) is 5.75 Å². The van der Waals surface area contributed by atoms with Crippen molar-refractivity contribution in [2.45, 2.75) is 19.9 Å². The molecule has 4 aromatic rings. The zero-order valence-corrected chi connectivity index (χ0v) is 24.3. The zero-order chi connectivity index (χ0) is 29.1. The normalized spacial score (nSPS) is 14.8. The number of ether oxygens (including phenoxy) is 4. The lowest BCUT2D eigenvalue weighted by atomic mass is 9.93. The first kappa shape index (κ1) is 27.9. The number of hydrogen-bond acceptors (Lipinski definition) is 8. The number of aromatic nitrogens is 1. The first-order chi connectivity index (χ1) is 19.9. The number of carbonyl (C=O) groups is 1. The summed E-state index contributed by atoms with van der Waals surface area (Å²) in [6, 6.07) is 19.7. The van der Waals surface area contributed by atoms with E-state index in [1.807, 2.05) is 67.6 Å². The Balaban J connectivity index is 1.83. The molecule has 0 N–H and O–H groups in total. The molecule has 0 saturated carbocycles. The van der Waals surface area contributed by atoms with Crippen molar-refractivity contribution in [2.24, 2.45) is 4.99 Å². The van der Waals surface area contributed by atoms with Crippen LogP contribution in [0.25, 0.3) is 11.8 Å². The molecule has 3 aromatic carbocycles. The van der Waals surface area contributed by atoms with Crippen LogP contribution in [-0.2, 0) is 9.53 Å². The van der Waals surface area contributed by atoms with Gasteiger partial charge in [0.15, 0.2) is 16.3 Å². The number of aryl methyl sites for hydroxylation is 1. The number of benzene rings is 3. The van der Waals surface area contributed by atoms with E-state index in [1.165, 1.54) is 11.3 Å². The Morgan fingerprint density at radius 2 is 1.68 bits per heavy atom. The third-order valence-electron chi connectivity index (χ3n) is 6.83. The van der Waals surface area contributed by atoms with Gasteiger partial charge in [-0.2, -0.15) is 0 Å². The van der Waals surface area contributed by atoms with Gasteiger partial charge in [-0.1, -0.05) is 59.9 Å². The Kier molecular flexibility index (Phi) is 8.07. The molecule has 0 spiro atoms. The molecule has 5 rings (SSSR count). The predicted molar refractivity (Wildman–Crippen MR) is 158 cm³/mol. The van der Waals surface area contributed by atoms with Gasteiger partial charge >= 0.3 is 5.97 Å². The summed E-state index contributed by atoms with van der Waals surface area (Å²) in [6.07, 6.45) is 1.81. The molecule has 9 heteroatoms. The molecule has 210 valence electrons. The molecule has 0 unspecified atom stereocenters. The predicted octanol–water partition coefficient (Wildman–Crippen LogP) is 4.27. The van der Waals surface area contributed by atoms with Crippen LogP contribution in [0.2, 0.25) is 0 Å². The number of carbonyl (C=O) groups excluding carboxylic acids is 1. The second-order valence-corrected chi connectivity index (χ2v) is 10.3. The summed E-state index contributed by atoms with van der Waals surface area (Å²) in [4.78, 5) is 33.1. The van der Waals surface area contributed by atoms with Gasteiger partial charge in [-0.25, -0.2) is 9.79 Å². The van der Waals surface area contributed by atoms with Crippen molar-refractivity contribution in [3.8, 4) is 17.2 Å². The van der Waals surface area contributed by atoms with Crippen LogP contribution < -0.4 is 29.1 Å². The highest BCUT2D eigenvalue weighted by molar-refractivity contribution is 7.07. The molecule has 0 fully saturated rings. The maximum absolute atomic E-state index is 14.1. The Bertz CT molecular complexity index is 1820. The van der Waals surface area contributed by atoms with Crippen molar-refractivity contribution in [1.82, 2.24) is 4.57 Å². The highest BCUT2D eigenvalue weighted by Gasteiger charge is 2.35. The molecular formula is C32H30N2O6S. The molecule has 8 nitrogen and oxygen atoms in total. The minimum atomic E-state index is -0.824. The molecule has 0 radical (unpaired) electrons. The quantitative estimate of drug-likeness (QED) is 0.294. The Hall–Kier alpha value is -4.63. The van der Waals surface area contributed by atoms with Crippen molar-refractivity contribution < 1.29 is 23.7 Å². The highest BCUT2D eigenvalue weighted by atomic mass is 32.1. The fourth-order valence-corrected chi connectivity index (χ4v) is 5.86. The number of fused-ring (bicyclic) bond motifs is 1. The van der Waals surface area contributed by atoms with Crippen LogP contribution in [0.5, 0.6) is 17.2 Å². The zero-order valence-electron chi connectivity index (χ0n) is 23.5. The second-order valence-electron chi connectivity index (χ2n) is 9.27. The summed E-state index contributed by atoms with van der Waals surface area (Å²) < 4.78 is 24.1. The third kappa shape index (κ3) is 5.28. The first-order valence-corrected chi connectivity index (χ1v) is 13.9. The fourth-order valence-electron chi connectivity index (χ4n) is 4.86. The van der Waals surface area contributed by atoms with Gasteiger partial charge in [-0.15, -0.1) is 0 Å². The van der Waals surface area contributed by atoms with E-state index in [1.54, 1.807) is 45.0 Å². The lowest BCUT2D eigenvalue weighted by molar-refractivity contribution is -0.138. The Labute approximate surface area is 241 Å². The van der Waals surface area contributed by atoms with Gasteiger partial charge in [-0.05, 0) is 54.8 Å². The second kappa shape index (κ2) is 11.9. The molecule has 0 bridgehead atoms. The van der Waals surface area contributed by atoms with Gasteiger partial charge in [0, 0.05) is 5.56 Å². The van der Waals surface area contributed by atoms with Crippen molar-refractivity contribution in [2.75, 3.05) is 27.9 Å². The average Bonchev–Trinajstić information content (AvgIpc) is 3.31. The fraction of sp³-hybridized carbons (Fsp3) is 0.219. The SMILES string of the molecule is CCOC(=O)C1=C(c2ccccc2)N=c2s/c(=C\c3ccc(C)c(OC)c3)c(=O)n2[C@@H]1c1ccc(OC)c(OC)c1. The van der Waals surface area contributed by atoms with E-state index in [-0.39, 0.29) is 17.7 Å². The molecule has 1 aliphatic rings. The highest BCUT2D eigenvalue weighted by Crippen LogP contribution is 2.38. The topological polar surface area (TPSA) is 88.4 Å². The van der Waals surface area contributed by atoms with E-state index in [0.717, 1.165) is 22.4 Å². The molecule has 1 atom stereocenters. The first-order valence-electron chi connectivity index (χ1n) is 13.0. The summed E-state index contributed by atoms with van der Waals surface area (Å²) in [5.74, 6) is 1.18. The number of methoxy groups -OCH3 is 3. The maximum Gasteiger partial charge on any atom is 0.338 e. The molecule has 41 heavy (non-hydrogen) atoms. The summed E-state index contributed by atoms with van der Waals surface area (Å²) in [5, 5.41) is 0. The van der Waals surface area contributed by atoms with E-state index in [2.05, 4.69) is 0 Å². The van der Waals surface area contributed by atoms with Crippen LogP contribution in [0.3, 0.4) is 0 Å². The van der Waals surface area contributed by atoms with E-state index in [9.17, 15) is 9.59 Å². The molecule has 0 saturated heterocycles. The van der Waals surface area contributed by atoms with Crippen LogP contribution in [0, 0.1) is 6.92 Å². The number of rotatable bonds is 8. The van der Waals surface area contributed by atoms with Crippen LogP contribution in [0.4, 0.5) is 0 Å². The summed E-state index contributed by atoms with van der Waals surface area (Å²) >= 11 is 1.26. The number of hydrogen-bond donors (Lipinski definition) is 0. The van der Waals surface area contributed by atoms with Crippen molar-refractivity contribution in [1.29, 1.82) is 0 Å². The van der Waals surface area contributed by atoms with E-state index in [0.29, 0.717) is 32.1 Å².